The van der Waals surface area contributed by atoms with E-state index in [1.807, 2.05) is 4.90 Å². The van der Waals surface area contributed by atoms with Gasteiger partial charge in [0.25, 0.3) is 5.91 Å². The van der Waals surface area contributed by atoms with Gasteiger partial charge in [-0.15, -0.1) is 0 Å². The molecule has 1 unspecified atom stereocenters. The van der Waals surface area contributed by atoms with Crippen molar-refractivity contribution < 1.29 is 14.3 Å². The number of ether oxygens (including phenoxy) is 2. The first-order valence-electron chi connectivity index (χ1n) is 8.22. The van der Waals surface area contributed by atoms with Gasteiger partial charge in [0.05, 0.1) is 19.3 Å². The van der Waals surface area contributed by atoms with Crippen LogP contribution in [-0.4, -0.2) is 56.4 Å². The van der Waals surface area contributed by atoms with Crippen molar-refractivity contribution in [3.63, 3.8) is 0 Å². The molecule has 126 valence electrons. The van der Waals surface area contributed by atoms with Gasteiger partial charge in [0, 0.05) is 31.8 Å². The standard InChI is InChI=1S/C16H19N5O3/c22-15(13-9-19-21-7-2-8-23-16(13)21)20-6-1-3-12(10-20)24-14-4-5-17-11-18-14/h4-5,9,11-12H,1-3,6-8,10H2. The number of hydrogen-bond donors (Lipinski definition) is 0. The number of carbonyl (C=O) groups excluding carboxylic acids is 1. The SMILES string of the molecule is O=C(c1cnn2c1OCCC2)N1CCCC(Oc2ccncn2)C1. The zero-order chi connectivity index (χ0) is 16.4. The number of rotatable bonds is 3. The molecule has 2 aromatic heterocycles. The van der Waals surface area contributed by atoms with Crippen molar-refractivity contribution >= 4 is 5.91 Å². The van der Waals surface area contributed by atoms with Crippen LogP contribution in [0.15, 0.2) is 24.8 Å². The Labute approximate surface area is 139 Å². The van der Waals surface area contributed by atoms with E-state index < -0.39 is 0 Å². The van der Waals surface area contributed by atoms with Crippen molar-refractivity contribution in [2.75, 3.05) is 19.7 Å². The monoisotopic (exact) mass is 329 g/mol. The number of carbonyl (C=O) groups is 1. The van der Waals surface area contributed by atoms with E-state index in [4.69, 9.17) is 9.47 Å². The quantitative estimate of drug-likeness (QED) is 0.840. The lowest BCUT2D eigenvalue weighted by Crippen LogP contribution is -2.44. The Kier molecular flexibility index (Phi) is 4.02. The second kappa shape index (κ2) is 6.46. The molecule has 0 aliphatic carbocycles. The fourth-order valence-electron chi connectivity index (χ4n) is 3.12. The number of aromatic nitrogens is 4. The summed E-state index contributed by atoms with van der Waals surface area (Å²) < 4.78 is 13.3. The Morgan fingerprint density at radius 2 is 2.29 bits per heavy atom. The molecule has 1 saturated heterocycles. The zero-order valence-corrected chi connectivity index (χ0v) is 13.3. The summed E-state index contributed by atoms with van der Waals surface area (Å²) in [4.78, 5) is 22.6. The predicted octanol–water partition coefficient (Wildman–Crippen LogP) is 1.14. The summed E-state index contributed by atoms with van der Waals surface area (Å²) in [6, 6.07) is 1.72. The van der Waals surface area contributed by atoms with E-state index in [1.165, 1.54) is 6.33 Å². The number of aryl methyl sites for hydroxylation is 1. The number of likely N-dealkylation sites (tertiary alicyclic amines) is 1. The highest BCUT2D eigenvalue weighted by Gasteiger charge is 2.30. The molecule has 1 atom stereocenters. The van der Waals surface area contributed by atoms with Gasteiger partial charge in [-0.05, 0) is 12.8 Å². The Morgan fingerprint density at radius 3 is 3.17 bits per heavy atom. The molecular weight excluding hydrogens is 310 g/mol. The number of hydrogen-bond acceptors (Lipinski definition) is 6. The van der Waals surface area contributed by atoms with E-state index in [1.54, 1.807) is 23.1 Å². The number of fused-ring (bicyclic) bond motifs is 1. The van der Waals surface area contributed by atoms with Gasteiger partial charge >= 0.3 is 0 Å². The molecule has 0 bridgehead atoms. The molecule has 0 radical (unpaired) electrons. The van der Waals surface area contributed by atoms with Crippen molar-refractivity contribution in [1.29, 1.82) is 0 Å². The fraction of sp³-hybridized carbons (Fsp3) is 0.500. The molecule has 4 rings (SSSR count). The summed E-state index contributed by atoms with van der Waals surface area (Å²) in [5, 5.41) is 4.26. The van der Waals surface area contributed by atoms with Crippen LogP contribution in [0, 0.1) is 0 Å². The Morgan fingerprint density at radius 1 is 1.33 bits per heavy atom. The highest BCUT2D eigenvalue weighted by molar-refractivity contribution is 5.96. The Hall–Kier alpha value is -2.64. The van der Waals surface area contributed by atoms with E-state index in [0.29, 0.717) is 37.0 Å². The van der Waals surface area contributed by atoms with E-state index in [9.17, 15) is 4.79 Å². The summed E-state index contributed by atoms with van der Waals surface area (Å²) >= 11 is 0. The van der Waals surface area contributed by atoms with Crippen LogP contribution in [0.25, 0.3) is 0 Å². The summed E-state index contributed by atoms with van der Waals surface area (Å²) in [5.74, 6) is 1.08. The van der Waals surface area contributed by atoms with Crippen LogP contribution < -0.4 is 9.47 Å². The van der Waals surface area contributed by atoms with Gasteiger partial charge < -0.3 is 14.4 Å². The topological polar surface area (TPSA) is 82.4 Å². The molecule has 8 nitrogen and oxygen atoms in total. The van der Waals surface area contributed by atoms with Crippen LogP contribution in [0.3, 0.4) is 0 Å². The molecule has 0 spiro atoms. The normalized spacial score (nSPS) is 20.2. The largest absolute Gasteiger partial charge is 0.477 e. The molecule has 24 heavy (non-hydrogen) atoms. The van der Waals surface area contributed by atoms with Crippen LogP contribution in [0.2, 0.25) is 0 Å². The zero-order valence-electron chi connectivity index (χ0n) is 13.3. The first kappa shape index (κ1) is 14.9. The minimum Gasteiger partial charge on any atom is -0.477 e. The maximum absolute atomic E-state index is 12.8. The minimum absolute atomic E-state index is 0.0471. The first-order chi connectivity index (χ1) is 11.8. The third kappa shape index (κ3) is 2.91. The lowest BCUT2D eigenvalue weighted by atomic mass is 10.1. The molecule has 8 heteroatoms. The Bertz CT molecular complexity index is 718. The number of piperidine rings is 1. The molecule has 4 heterocycles. The van der Waals surface area contributed by atoms with Gasteiger partial charge in [-0.1, -0.05) is 0 Å². The van der Waals surface area contributed by atoms with Gasteiger partial charge in [0.1, 0.15) is 18.0 Å². The van der Waals surface area contributed by atoms with Crippen LogP contribution in [0.5, 0.6) is 11.8 Å². The molecule has 2 aliphatic rings. The lowest BCUT2D eigenvalue weighted by molar-refractivity contribution is 0.0522. The highest BCUT2D eigenvalue weighted by Crippen LogP contribution is 2.25. The smallest absolute Gasteiger partial charge is 0.261 e. The van der Waals surface area contributed by atoms with E-state index in [0.717, 1.165) is 25.8 Å². The molecule has 2 aromatic rings. The van der Waals surface area contributed by atoms with Crippen LogP contribution >= 0.6 is 0 Å². The van der Waals surface area contributed by atoms with Crippen LogP contribution in [0.1, 0.15) is 29.6 Å². The third-order valence-corrected chi connectivity index (χ3v) is 4.28. The first-order valence-corrected chi connectivity index (χ1v) is 8.22. The highest BCUT2D eigenvalue weighted by atomic mass is 16.5. The summed E-state index contributed by atoms with van der Waals surface area (Å²) in [6.45, 7) is 2.67. The van der Waals surface area contributed by atoms with Crippen molar-refractivity contribution in [3.8, 4) is 11.8 Å². The predicted molar refractivity (Wildman–Crippen MR) is 83.9 cm³/mol. The van der Waals surface area contributed by atoms with E-state index >= 15 is 0 Å². The van der Waals surface area contributed by atoms with Crippen LogP contribution in [-0.2, 0) is 6.54 Å². The van der Waals surface area contributed by atoms with Crippen LogP contribution in [0.4, 0.5) is 0 Å². The summed E-state index contributed by atoms with van der Waals surface area (Å²) in [7, 11) is 0. The molecule has 0 saturated carbocycles. The maximum atomic E-state index is 12.8. The van der Waals surface area contributed by atoms with Gasteiger partial charge in [-0.2, -0.15) is 5.10 Å². The second-order valence-electron chi connectivity index (χ2n) is 5.97. The number of nitrogens with zero attached hydrogens (tertiary/aromatic N) is 5. The lowest BCUT2D eigenvalue weighted by Gasteiger charge is -2.32. The van der Waals surface area contributed by atoms with Gasteiger partial charge in [0.15, 0.2) is 0 Å². The molecule has 0 aromatic carbocycles. The summed E-state index contributed by atoms with van der Waals surface area (Å²) in [5.41, 5.74) is 0.539. The molecular formula is C16H19N5O3. The molecule has 2 aliphatic heterocycles. The van der Waals surface area contributed by atoms with Gasteiger partial charge in [-0.3, -0.25) is 4.79 Å². The van der Waals surface area contributed by atoms with Crippen molar-refractivity contribution in [1.82, 2.24) is 24.6 Å². The average molecular weight is 329 g/mol. The second-order valence-corrected chi connectivity index (χ2v) is 5.97. The van der Waals surface area contributed by atoms with Crippen molar-refractivity contribution in [2.45, 2.75) is 31.9 Å². The number of amides is 1. The van der Waals surface area contributed by atoms with Gasteiger partial charge in [-0.25, -0.2) is 14.6 Å². The van der Waals surface area contributed by atoms with E-state index in [2.05, 4.69) is 15.1 Å². The fourth-order valence-corrected chi connectivity index (χ4v) is 3.12. The van der Waals surface area contributed by atoms with Gasteiger partial charge in [0.2, 0.25) is 11.8 Å². The average Bonchev–Trinajstić information content (AvgIpc) is 3.06. The summed E-state index contributed by atoms with van der Waals surface area (Å²) in [6.07, 6.45) is 7.35. The Balaban J connectivity index is 1.46. The van der Waals surface area contributed by atoms with E-state index in [-0.39, 0.29) is 12.0 Å². The molecule has 1 amide bonds. The molecule has 0 N–H and O–H groups in total. The van der Waals surface area contributed by atoms with Crippen molar-refractivity contribution in [2.24, 2.45) is 0 Å². The third-order valence-electron chi connectivity index (χ3n) is 4.28. The minimum atomic E-state index is -0.0649. The van der Waals surface area contributed by atoms with Crippen molar-refractivity contribution in [3.05, 3.63) is 30.4 Å². The maximum Gasteiger partial charge on any atom is 0.261 e. The molecule has 1 fully saturated rings.